The molecule has 0 spiro atoms. The van der Waals surface area contributed by atoms with Gasteiger partial charge >= 0.3 is 5.97 Å². The molecular weight excluding hydrogens is 306 g/mol. The molecule has 1 aliphatic rings. The van der Waals surface area contributed by atoms with E-state index < -0.39 is 5.97 Å². The van der Waals surface area contributed by atoms with Gasteiger partial charge in [-0.2, -0.15) is 0 Å². The molecular formula is C18H19N3O3. The van der Waals surface area contributed by atoms with E-state index in [2.05, 4.69) is 22.1 Å². The lowest BCUT2D eigenvalue weighted by atomic mass is 9.92. The highest BCUT2D eigenvalue weighted by atomic mass is 16.4. The SMILES string of the molecule is O=C(O)c1cnc(C(=O)N2CCCC(c3ccccc3)CC2)cn1. The molecule has 1 saturated heterocycles. The smallest absolute Gasteiger partial charge is 0.356 e. The number of rotatable bonds is 3. The molecule has 1 unspecified atom stereocenters. The van der Waals surface area contributed by atoms with Crippen molar-refractivity contribution in [2.75, 3.05) is 13.1 Å². The monoisotopic (exact) mass is 325 g/mol. The molecule has 0 aliphatic carbocycles. The van der Waals surface area contributed by atoms with Gasteiger partial charge in [0.15, 0.2) is 5.69 Å². The number of aromatic carboxylic acids is 1. The van der Waals surface area contributed by atoms with Crippen molar-refractivity contribution in [3.63, 3.8) is 0 Å². The molecule has 1 fully saturated rings. The van der Waals surface area contributed by atoms with E-state index in [0.717, 1.165) is 25.5 Å². The van der Waals surface area contributed by atoms with Crippen LogP contribution in [-0.4, -0.2) is 44.9 Å². The first-order chi connectivity index (χ1) is 11.6. The molecule has 1 aromatic heterocycles. The maximum Gasteiger partial charge on any atom is 0.356 e. The molecule has 3 rings (SSSR count). The standard InChI is InChI=1S/C18H19N3O3/c22-17(15-11-20-16(12-19-15)18(23)24)21-9-4-7-14(8-10-21)13-5-2-1-3-6-13/h1-3,5-6,11-12,14H,4,7-10H2,(H,23,24). The summed E-state index contributed by atoms with van der Waals surface area (Å²) in [6.07, 6.45) is 5.27. The Labute approximate surface area is 140 Å². The van der Waals surface area contributed by atoms with Crippen molar-refractivity contribution in [1.29, 1.82) is 0 Å². The third-order valence-electron chi connectivity index (χ3n) is 4.38. The Hall–Kier alpha value is -2.76. The van der Waals surface area contributed by atoms with Crippen LogP contribution in [0.4, 0.5) is 0 Å². The number of aromatic nitrogens is 2. The molecule has 1 atom stereocenters. The quantitative estimate of drug-likeness (QED) is 0.938. The lowest BCUT2D eigenvalue weighted by Gasteiger charge is -2.20. The van der Waals surface area contributed by atoms with Crippen LogP contribution in [0, 0.1) is 0 Å². The Morgan fingerprint density at radius 2 is 1.71 bits per heavy atom. The fourth-order valence-electron chi connectivity index (χ4n) is 3.07. The second-order valence-electron chi connectivity index (χ2n) is 5.92. The van der Waals surface area contributed by atoms with E-state index in [1.807, 2.05) is 18.2 Å². The summed E-state index contributed by atoms with van der Waals surface area (Å²) in [6.45, 7) is 1.35. The maximum absolute atomic E-state index is 12.6. The first-order valence-electron chi connectivity index (χ1n) is 8.04. The summed E-state index contributed by atoms with van der Waals surface area (Å²) >= 11 is 0. The summed E-state index contributed by atoms with van der Waals surface area (Å²) in [4.78, 5) is 32.9. The number of likely N-dealkylation sites (tertiary alicyclic amines) is 1. The maximum atomic E-state index is 12.6. The fraction of sp³-hybridized carbons (Fsp3) is 0.333. The number of nitrogens with zero attached hydrogens (tertiary/aromatic N) is 3. The average Bonchev–Trinajstić information content (AvgIpc) is 2.88. The molecule has 0 radical (unpaired) electrons. The highest BCUT2D eigenvalue weighted by molar-refractivity contribution is 5.92. The zero-order valence-electron chi connectivity index (χ0n) is 13.3. The number of hydrogen-bond donors (Lipinski definition) is 1. The van der Waals surface area contributed by atoms with Crippen molar-refractivity contribution < 1.29 is 14.7 Å². The molecule has 6 heteroatoms. The second-order valence-corrected chi connectivity index (χ2v) is 5.92. The lowest BCUT2D eigenvalue weighted by molar-refractivity contribution is 0.0685. The zero-order valence-corrected chi connectivity index (χ0v) is 13.3. The molecule has 6 nitrogen and oxygen atoms in total. The van der Waals surface area contributed by atoms with Gasteiger partial charge in [0.25, 0.3) is 5.91 Å². The first kappa shape index (κ1) is 16.1. The van der Waals surface area contributed by atoms with E-state index in [1.54, 1.807) is 4.90 Å². The van der Waals surface area contributed by atoms with Crippen LogP contribution in [0.2, 0.25) is 0 Å². The van der Waals surface area contributed by atoms with E-state index in [1.165, 1.54) is 11.8 Å². The molecule has 1 aromatic carbocycles. The van der Waals surface area contributed by atoms with Gasteiger partial charge in [0.1, 0.15) is 5.69 Å². The highest BCUT2D eigenvalue weighted by Gasteiger charge is 2.23. The van der Waals surface area contributed by atoms with Gasteiger partial charge in [-0.15, -0.1) is 0 Å². The average molecular weight is 325 g/mol. The summed E-state index contributed by atoms with van der Waals surface area (Å²) < 4.78 is 0. The third-order valence-corrected chi connectivity index (χ3v) is 4.38. The van der Waals surface area contributed by atoms with Crippen LogP contribution in [0.15, 0.2) is 42.7 Å². The molecule has 0 bridgehead atoms. The third kappa shape index (κ3) is 3.59. The molecule has 2 aromatic rings. The number of benzene rings is 1. The van der Waals surface area contributed by atoms with Crippen molar-refractivity contribution >= 4 is 11.9 Å². The Morgan fingerprint density at radius 3 is 2.38 bits per heavy atom. The van der Waals surface area contributed by atoms with Crippen molar-refractivity contribution in [1.82, 2.24) is 14.9 Å². The fourth-order valence-corrected chi connectivity index (χ4v) is 3.07. The van der Waals surface area contributed by atoms with Crippen molar-refractivity contribution in [2.45, 2.75) is 25.2 Å². The minimum atomic E-state index is -1.15. The van der Waals surface area contributed by atoms with Gasteiger partial charge in [-0.05, 0) is 30.7 Å². The molecule has 1 amide bonds. The van der Waals surface area contributed by atoms with Crippen LogP contribution in [0.25, 0.3) is 0 Å². The normalized spacial score (nSPS) is 18.0. The van der Waals surface area contributed by atoms with E-state index in [-0.39, 0.29) is 17.3 Å². The van der Waals surface area contributed by atoms with Gasteiger partial charge in [0.2, 0.25) is 0 Å². The minimum absolute atomic E-state index is 0.161. The van der Waals surface area contributed by atoms with E-state index in [0.29, 0.717) is 19.0 Å². The first-order valence-corrected chi connectivity index (χ1v) is 8.04. The molecule has 1 aliphatic heterocycles. The zero-order chi connectivity index (χ0) is 16.9. The number of carbonyl (C=O) groups is 2. The van der Waals surface area contributed by atoms with Crippen molar-refractivity contribution in [3.8, 4) is 0 Å². The molecule has 124 valence electrons. The summed E-state index contributed by atoms with van der Waals surface area (Å²) in [5.41, 5.74) is 1.35. The van der Waals surface area contributed by atoms with Gasteiger partial charge in [0.05, 0.1) is 12.4 Å². The van der Waals surface area contributed by atoms with Gasteiger partial charge in [-0.25, -0.2) is 14.8 Å². The number of amides is 1. The Bertz CT molecular complexity index is 716. The molecule has 2 heterocycles. The molecule has 0 saturated carbocycles. The van der Waals surface area contributed by atoms with Gasteiger partial charge < -0.3 is 10.0 Å². The van der Waals surface area contributed by atoms with Crippen LogP contribution >= 0.6 is 0 Å². The van der Waals surface area contributed by atoms with Crippen LogP contribution in [-0.2, 0) is 0 Å². The molecule has 24 heavy (non-hydrogen) atoms. The number of carboxylic acid groups (broad SMARTS) is 1. The van der Waals surface area contributed by atoms with Gasteiger partial charge in [-0.3, -0.25) is 4.79 Å². The van der Waals surface area contributed by atoms with Gasteiger partial charge in [-0.1, -0.05) is 30.3 Å². The largest absolute Gasteiger partial charge is 0.476 e. The van der Waals surface area contributed by atoms with Crippen LogP contribution in [0.5, 0.6) is 0 Å². The van der Waals surface area contributed by atoms with Gasteiger partial charge in [0, 0.05) is 13.1 Å². The van der Waals surface area contributed by atoms with E-state index >= 15 is 0 Å². The van der Waals surface area contributed by atoms with Crippen molar-refractivity contribution in [2.24, 2.45) is 0 Å². The lowest BCUT2D eigenvalue weighted by Crippen LogP contribution is -2.32. The minimum Gasteiger partial charge on any atom is -0.476 e. The predicted molar refractivity (Wildman–Crippen MR) is 87.9 cm³/mol. The second kappa shape index (κ2) is 7.21. The molecule has 1 N–H and O–H groups in total. The number of hydrogen-bond acceptors (Lipinski definition) is 4. The Morgan fingerprint density at radius 1 is 1.00 bits per heavy atom. The highest BCUT2D eigenvalue weighted by Crippen LogP contribution is 2.28. The van der Waals surface area contributed by atoms with Crippen LogP contribution in [0.3, 0.4) is 0 Å². The Kier molecular flexibility index (Phi) is 4.84. The topological polar surface area (TPSA) is 83.4 Å². The van der Waals surface area contributed by atoms with Crippen LogP contribution in [0.1, 0.15) is 51.7 Å². The number of carbonyl (C=O) groups excluding carboxylic acids is 1. The Balaban J connectivity index is 1.67. The van der Waals surface area contributed by atoms with Crippen molar-refractivity contribution in [3.05, 3.63) is 59.7 Å². The predicted octanol–water partition coefficient (Wildman–Crippen LogP) is 2.58. The summed E-state index contributed by atoms with van der Waals surface area (Å²) in [5, 5.41) is 8.84. The number of carboxylic acids is 1. The van der Waals surface area contributed by atoms with Crippen LogP contribution < -0.4 is 0 Å². The summed E-state index contributed by atoms with van der Waals surface area (Å²) in [5.74, 6) is -0.875. The summed E-state index contributed by atoms with van der Waals surface area (Å²) in [6, 6.07) is 10.4. The van der Waals surface area contributed by atoms with E-state index in [9.17, 15) is 9.59 Å². The summed E-state index contributed by atoms with van der Waals surface area (Å²) in [7, 11) is 0. The van der Waals surface area contributed by atoms with E-state index in [4.69, 9.17) is 5.11 Å².